The quantitative estimate of drug-likeness (QED) is 0.830. The molecule has 0 fully saturated rings. The zero-order valence-electron chi connectivity index (χ0n) is 9.02. The van der Waals surface area contributed by atoms with E-state index in [4.69, 9.17) is 23.2 Å². The summed E-state index contributed by atoms with van der Waals surface area (Å²) in [4.78, 5) is 19.5. The number of halogens is 2. The van der Waals surface area contributed by atoms with Gasteiger partial charge in [-0.1, -0.05) is 35.3 Å². The van der Waals surface area contributed by atoms with E-state index in [1.807, 2.05) is 0 Å². The highest BCUT2D eigenvalue weighted by Crippen LogP contribution is 2.11. The Morgan fingerprint density at radius 3 is 1.72 bits per heavy atom. The van der Waals surface area contributed by atoms with Crippen LogP contribution < -0.4 is 10.6 Å². The number of rotatable bonds is 2. The van der Waals surface area contributed by atoms with Crippen LogP contribution in [0.15, 0.2) is 36.4 Å². The van der Waals surface area contributed by atoms with Crippen molar-refractivity contribution in [3.05, 3.63) is 46.7 Å². The number of nitrogens with one attached hydrogen (secondary N) is 2. The number of carbonyl (C=O) groups excluding carboxylic acids is 1. The number of nitrogens with zero attached hydrogens (tertiary/aromatic N) is 2. The Morgan fingerprint density at radius 1 is 0.889 bits per heavy atom. The summed E-state index contributed by atoms with van der Waals surface area (Å²) in [6.07, 6.45) is 0. The number of carbonyl (C=O) groups is 1. The number of anilines is 2. The summed E-state index contributed by atoms with van der Waals surface area (Å²) < 4.78 is 0. The minimum absolute atomic E-state index is 0.300. The van der Waals surface area contributed by atoms with Gasteiger partial charge in [-0.2, -0.15) is 0 Å². The topological polar surface area (TPSA) is 66.9 Å². The molecule has 0 bridgehead atoms. The van der Waals surface area contributed by atoms with Gasteiger partial charge in [-0.15, -0.1) is 0 Å². The lowest BCUT2D eigenvalue weighted by molar-refractivity contribution is 0.262. The van der Waals surface area contributed by atoms with Gasteiger partial charge in [0.05, 0.1) is 0 Å². The molecular weight excluding hydrogens is 275 g/mol. The van der Waals surface area contributed by atoms with Crippen molar-refractivity contribution in [2.75, 3.05) is 10.6 Å². The number of hydrogen-bond acceptors (Lipinski definition) is 3. The molecule has 2 rings (SSSR count). The maximum Gasteiger partial charge on any atom is 0.326 e. The molecule has 0 atom stereocenters. The lowest BCUT2D eigenvalue weighted by atomic mass is 10.4. The van der Waals surface area contributed by atoms with E-state index >= 15 is 0 Å². The van der Waals surface area contributed by atoms with Crippen molar-refractivity contribution < 1.29 is 4.79 Å². The maximum atomic E-state index is 11.6. The highest BCUT2D eigenvalue weighted by Gasteiger charge is 2.04. The average Bonchev–Trinajstić information content (AvgIpc) is 2.28. The largest absolute Gasteiger partial charge is 0.326 e. The number of amides is 2. The molecule has 18 heavy (non-hydrogen) atoms. The number of hydrogen-bond donors (Lipinski definition) is 2. The van der Waals surface area contributed by atoms with Crippen LogP contribution in [-0.4, -0.2) is 16.0 Å². The fraction of sp³-hybridized carbons (Fsp3) is 0. The molecule has 0 saturated heterocycles. The fourth-order valence-electron chi connectivity index (χ4n) is 1.22. The van der Waals surface area contributed by atoms with Crippen LogP contribution in [0.4, 0.5) is 16.4 Å². The molecule has 7 heteroatoms. The lowest BCUT2D eigenvalue weighted by Gasteiger charge is -2.06. The van der Waals surface area contributed by atoms with Crippen LogP contribution in [0.1, 0.15) is 0 Å². The van der Waals surface area contributed by atoms with Crippen molar-refractivity contribution >= 4 is 40.9 Å². The van der Waals surface area contributed by atoms with Crippen LogP contribution in [0.25, 0.3) is 0 Å². The highest BCUT2D eigenvalue weighted by molar-refractivity contribution is 6.29. The van der Waals surface area contributed by atoms with E-state index in [0.29, 0.717) is 21.9 Å². The van der Waals surface area contributed by atoms with Gasteiger partial charge < -0.3 is 0 Å². The Balaban J connectivity index is 2.01. The summed E-state index contributed by atoms with van der Waals surface area (Å²) in [6.45, 7) is 0. The third-order valence-electron chi connectivity index (χ3n) is 1.91. The molecule has 0 aliphatic rings. The van der Waals surface area contributed by atoms with Crippen LogP contribution in [-0.2, 0) is 0 Å². The zero-order chi connectivity index (χ0) is 13.0. The normalized spacial score (nSPS) is 9.89. The molecule has 2 aromatic heterocycles. The van der Waals surface area contributed by atoms with Crippen LogP contribution >= 0.6 is 23.2 Å². The van der Waals surface area contributed by atoms with E-state index in [-0.39, 0.29) is 0 Å². The van der Waals surface area contributed by atoms with Crippen molar-refractivity contribution in [1.29, 1.82) is 0 Å². The van der Waals surface area contributed by atoms with E-state index in [1.165, 1.54) is 0 Å². The molecule has 2 aromatic rings. The molecule has 2 amide bonds. The Labute approximate surface area is 113 Å². The zero-order valence-corrected chi connectivity index (χ0v) is 10.5. The summed E-state index contributed by atoms with van der Waals surface area (Å²) in [7, 11) is 0. The Hall–Kier alpha value is -1.85. The molecule has 5 nitrogen and oxygen atoms in total. The maximum absolute atomic E-state index is 11.6. The molecule has 0 radical (unpaired) electrons. The second kappa shape index (κ2) is 5.66. The van der Waals surface area contributed by atoms with Gasteiger partial charge in [0.25, 0.3) is 0 Å². The highest BCUT2D eigenvalue weighted by atomic mass is 35.5. The van der Waals surface area contributed by atoms with E-state index in [9.17, 15) is 4.79 Å². The number of aromatic nitrogens is 2. The molecule has 2 N–H and O–H groups in total. The van der Waals surface area contributed by atoms with Crippen LogP contribution in [0.3, 0.4) is 0 Å². The molecule has 0 saturated carbocycles. The van der Waals surface area contributed by atoms with Crippen molar-refractivity contribution in [3.8, 4) is 0 Å². The van der Waals surface area contributed by atoms with Gasteiger partial charge in [0.15, 0.2) is 0 Å². The molecule has 0 aliphatic heterocycles. The summed E-state index contributed by atoms with van der Waals surface area (Å²) in [5, 5.41) is 5.64. The van der Waals surface area contributed by atoms with E-state index < -0.39 is 6.03 Å². The molecular formula is C11H8Cl2N4O. The number of pyridine rings is 2. The van der Waals surface area contributed by atoms with Gasteiger partial charge in [0.2, 0.25) is 0 Å². The Morgan fingerprint density at radius 2 is 1.33 bits per heavy atom. The number of urea groups is 1. The second-order valence-corrected chi connectivity index (χ2v) is 4.04. The van der Waals surface area contributed by atoms with Crippen molar-refractivity contribution in [1.82, 2.24) is 9.97 Å². The van der Waals surface area contributed by atoms with Crippen LogP contribution in [0.2, 0.25) is 10.3 Å². The van der Waals surface area contributed by atoms with Crippen LogP contribution in [0.5, 0.6) is 0 Å². The van der Waals surface area contributed by atoms with Gasteiger partial charge in [-0.05, 0) is 24.3 Å². The molecule has 0 unspecified atom stereocenters. The first-order valence-corrected chi connectivity index (χ1v) is 5.72. The SMILES string of the molecule is O=C(Nc1cccc(Cl)n1)Nc1cccc(Cl)n1. The third-order valence-corrected chi connectivity index (χ3v) is 2.33. The summed E-state index contributed by atoms with van der Waals surface area (Å²) in [5.74, 6) is 0.698. The monoisotopic (exact) mass is 282 g/mol. The first-order valence-electron chi connectivity index (χ1n) is 4.96. The van der Waals surface area contributed by atoms with Gasteiger partial charge >= 0.3 is 6.03 Å². The Bertz CT molecular complexity index is 527. The molecule has 92 valence electrons. The van der Waals surface area contributed by atoms with Gasteiger partial charge in [-0.25, -0.2) is 14.8 Å². The van der Waals surface area contributed by atoms with Crippen molar-refractivity contribution in [2.45, 2.75) is 0 Å². The van der Waals surface area contributed by atoms with Gasteiger partial charge in [0.1, 0.15) is 21.9 Å². The summed E-state index contributed by atoms with van der Waals surface area (Å²) in [5.41, 5.74) is 0. The predicted octanol–water partition coefficient (Wildman–Crippen LogP) is 3.43. The first kappa shape index (κ1) is 12.6. The minimum atomic E-state index is -0.473. The average molecular weight is 283 g/mol. The molecule has 0 aromatic carbocycles. The van der Waals surface area contributed by atoms with E-state index in [2.05, 4.69) is 20.6 Å². The van der Waals surface area contributed by atoms with E-state index in [1.54, 1.807) is 36.4 Å². The molecule has 0 spiro atoms. The van der Waals surface area contributed by atoms with Crippen molar-refractivity contribution in [3.63, 3.8) is 0 Å². The fourth-order valence-corrected chi connectivity index (χ4v) is 1.55. The predicted molar refractivity (Wildman–Crippen MR) is 71.1 cm³/mol. The van der Waals surface area contributed by atoms with Crippen LogP contribution in [0, 0.1) is 0 Å². The van der Waals surface area contributed by atoms with Gasteiger partial charge in [0, 0.05) is 0 Å². The standard InChI is InChI=1S/C11H8Cl2N4O/c12-7-3-1-5-9(14-7)16-11(18)17-10-6-2-4-8(13)15-10/h1-6H,(H2,14,15,16,17,18). The smallest absolute Gasteiger partial charge is 0.292 e. The molecule has 0 aliphatic carbocycles. The molecule has 2 heterocycles. The second-order valence-electron chi connectivity index (χ2n) is 3.27. The van der Waals surface area contributed by atoms with Gasteiger partial charge in [-0.3, -0.25) is 10.6 Å². The first-order chi connectivity index (χ1) is 8.63. The summed E-state index contributed by atoms with van der Waals surface area (Å²) in [6, 6.07) is 9.37. The summed E-state index contributed by atoms with van der Waals surface area (Å²) >= 11 is 11.4. The lowest BCUT2D eigenvalue weighted by Crippen LogP contribution is -2.20. The van der Waals surface area contributed by atoms with E-state index in [0.717, 1.165) is 0 Å². The minimum Gasteiger partial charge on any atom is -0.292 e. The Kier molecular flexibility index (Phi) is 3.96. The van der Waals surface area contributed by atoms with Crippen molar-refractivity contribution in [2.24, 2.45) is 0 Å². The third kappa shape index (κ3) is 3.58.